The minimum atomic E-state index is 0.462. The fourth-order valence-electron chi connectivity index (χ4n) is 3.07. The number of rotatable bonds is 3. The van der Waals surface area contributed by atoms with Gasteiger partial charge in [-0.2, -0.15) is 0 Å². The second-order valence-corrected chi connectivity index (χ2v) is 5.56. The van der Waals surface area contributed by atoms with Crippen molar-refractivity contribution in [3.05, 3.63) is 53.2 Å². The van der Waals surface area contributed by atoms with Crippen molar-refractivity contribution >= 4 is 11.5 Å². The van der Waals surface area contributed by atoms with Crippen molar-refractivity contribution in [2.75, 3.05) is 11.9 Å². The topological polar surface area (TPSA) is 28.2 Å². The van der Waals surface area contributed by atoms with E-state index in [2.05, 4.69) is 60.5 Å². The zero-order valence-electron chi connectivity index (χ0n) is 12.4. The van der Waals surface area contributed by atoms with Crippen LogP contribution in [0.15, 0.2) is 36.4 Å². The van der Waals surface area contributed by atoms with Crippen LogP contribution in [0.3, 0.4) is 0 Å². The summed E-state index contributed by atoms with van der Waals surface area (Å²) < 4.78 is 0. The Morgan fingerprint density at radius 3 is 2.90 bits per heavy atom. The van der Waals surface area contributed by atoms with Gasteiger partial charge in [0.15, 0.2) is 0 Å². The van der Waals surface area contributed by atoms with Crippen LogP contribution in [0, 0.1) is 6.92 Å². The van der Waals surface area contributed by atoms with Gasteiger partial charge in [-0.15, -0.1) is 0 Å². The van der Waals surface area contributed by atoms with E-state index in [-0.39, 0.29) is 0 Å². The first-order valence-corrected chi connectivity index (χ1v) is 7.18. The molecule has 1 N–H and O–H groups in total. The summed E-state index contributed by atoms with van der Waals surface area (Å²) in [5, 5.41) is 3.21. The third-order valence-corrected chi connectivity index (χ3v) is 3.83. The van der Waals surface area contributed by atoms with E-state index in [9.17, 15) is 0 Å². The summed E-state index contributed by atoms with van der Waals surface area (Å²) >= 11 is 0. The Bertz CT molecular complexity index is 621. The molecule has 1 aliphatic heterocycles. The van der Waals surface area contributed by atoms with E-state index in [1.807, 2.05) is 7.05 Å². The summed E-state index contributed by atoms with van der Waals surface area (Å²) in [6, 6.07) is 13.4. The van der Waals surface area contributed by atoms with Crippen LogP contribution in [0.2, 0.25) is 0 Å². The average Bonchev–Trinajstić information content (AvgIpc) is 2.74. The predicted octanol–water partition coefficient (Wildman–Crippen LogP) is 3.19. The Kier molecular flexibility index (Phi) is 3.45. The Labute approximate surface area is 120 Å². The maximum atomic E-state index is 4.75. The Balaban J connectivity index is 2.04. The van der Waals surface area contributed by atoms with Gasteiger partial charge < -0.3 is 10.2 Å². The van der Waals surface area contributed by atoms with Crippen LogP contribution < -0.4 is 10.2 Å². The maximum absolute atomic E-state index is 4.75. The predicted molar refractivity (Wildman–Crippen MR) is 83.5 cm³/mol. The van der Waals surface area contributed by atoms with Crippen LogP contribution in [0.4, 0.5) is 11.5 Å². The first-order valence-electron chi connectivity index (χ1n) is 7.18. The van der Waals surface area contributed by atoms with Crippen molar-refractivity contribution in [3.8, 4) is 0 Å². The molecule has 3 rings (SSSR count). The van der Waals surface area contributed by atoms with Crippen molar-refractivity contribution in [3.63, 3.8) is 0 Å². The molecule has 0 aliphatic carbocycles. The molecule has 1 aliphatic rings. The van der Waals surface area contributed by atoms with E-state index >= 15 is 0 Å². The molecule has 1 atom stereocenters. The smallest absolute Gasteiger partial charge is 0.133 e. The zero-order chi connectivity index (χ0) is 14.1. The monoisotopic (exact) mass is 267 g/mol. The number of benzene rings is 1. The van der Waals surface area contributed by atoms with Crippen molar-refractivity contribution < 1.29 is 0 Å². The highest BCUT2D eigenvalue weighted by Gasteiger charge is 2.27. The van der Waals surface area contributed by atoms with Gasteiger partial charge in [0.1, 0.15) is 5.82 Å². The molecule has 1 aromatic carbocycles. The molecule has 2 aromatic rings. The lowest BCUT2D eigenvalue weighted by molar-refractivity contribution is 0.746. The number of fused-ring (bicyclic) bond motifs is 1. The lowest BCUT2D eigenvalue weighted by Crippen LogP contribution is -2.25. The molecular formula is C17H21N3. The van der Waals surface area contributed by atoms with Crippen molar-refractivity contribution in [1.82, 2.24) is 10.3 Å². The summed E-state index contributed by atoms with van der Waals surface area (Å²) in [7, 11) is 1.98. The minimum Gasteiger partial charge on any atom is -0.323 e. The van der Waals surface area contributed by atoms with Crippen LogP contribution >= 0.6 is 0 Å². The highest BCUT2D eigenvalue weighted by atomic mass is 15.2. The average molecular weight is 267 g/mol. The second kappa shape index (κ2) is 5.25. The van der Waals surface area contributed by atoms with Crippen LogP contribution in [0.25, 0.3) is 0 Å². The molecule has 3 nitrogen and oxygen atoms in total. The number of pyridine rings is 1. The van der Waals surface area contributed by atoms with Gasteiger partial charge in [-0.3, -0.25) is 0 Å². The second-order valence-electron chi connectivity index (χ2n) is 5.56. The van der Waals surface area contributed by atoms with Crippen molar-refractivity contribution in [1.29, 1.82) is 0 Å². The Morgan fingerprint density at radius 2 is 2.10 bits per heavy atom. The number of hydrogen-bond acceptors (Lipinski definition) is 3. The zero-order valence-corrected chi connectivity index (χ0v) is 12.4. The highest BCUT2D eigenvalue weighted by molar-refractivity contribution is 5.69. The van der Waals surface area contributed by atoms with Gasteiger partial charge in [-0.25, -0.2) is 4.98 Å². The molecule has 1 unspecified atom stereocenters. The van der Waals surface area contributed by atoms with E-state index in [4.69, 9.17) is 4.98 Å². The normalized spacial score (nSPS) is 17.4. The number of aryl methyl sites for hydroxylation is 1. The van der Waals surface area contributed by atoms with Gasteiger partial charge in [-0.05, 0) is 56.6 Å². The molecule has 0 saturated carbocycles. The third-order valence-electron chi connectivity index (χ3n) is 3.83. The fourth-order valence-corrected chi connectivity index (χ4v) is 3.07. The molecule has 0 spiro atoms. The summed E-state index contributed by atoms with van der Waals surface area (Å²) in [5.41, 5.74) is 5.07. The van der Waals surface area contributed by atoms with Crippen molar-refractivity contribution in [2.45, 2.75) is 32.9 Å². The van der Waals surface area contributed by atoms with Crippen LogP contribution in [0.5, 0.6) is 0 Å². The first-order chi connectivity index (χ1) is 9.69. The maximum Gasteiger partial charge on any atom is 0.133 e. The highest BCUT2D eigenvalue weighted by Crippen LogP contribution is 2.37. The first kappa shape index (κ1) is 13.1. The fraction of sp³-hybridized carbons (Fsp3) is 0.353. The number of nitrogens with one attached hydrogen (secondary N) is 1. The van der Waals surface area contributed by atoms with E-state index in [0.717, 1.165) is 24.5 Å². The molecule has 2 heterocycles. The van der Waals surface area contributed by atoms with E-state index in [0.29, 0.717) is 6.04 Å². The standard InChI is InChI=1S/C17H21N3/c1-12-8-14(11-18-3)10-17(19-12)20-13(2)9-15-6-4-5-7-16(15)20/h4-8,10,13,18H,9,11H2,1-3H3. The summed E-state index contributed by atoms with van der Waals surface area (Å²) in [5.74, 6) is 1.06. The largest absolute Gasteiger partial charge is 0.323 e. The van der Waals surface area contributed by atoms with Crippen LogP contribution in [-0.2, 0) is 13.0 Å². The molecule has 3 heteroatoms. The quantitative estimate of drug-likeness (QED) is 0.925. The number of para-hydroxylation sites is 1. The van der Waals surface area contributed by atoms with Gasteiger partial charge in [-0.1, -0.05) is 18.2 Å². The molecule has 0 bridgehead atoms. The minimum absolute atomic E-state index is 0.462. The van der Waals surface area contributed by atoms with Gasteiger partial charge in [0.25, 0.3) is 0 Å². The third kappa shape index (κ3) is 2.29. The molecule has 1 aromatic heterocycles. The number of anilines is 2. The van der Waals surface area contributed by atoms with E-state index in [1.165, 1.54) is 16.8 Å². The SMILES string of the molecule is CNCc1cc(C)nc(N2c3ccccc3CC2C)c1. The molecule has 20 heavy (non-hydrogen) atoms. The molecular weight excluding hydrogens is 246 g/mol. The summed E-state index contributed by atoms with van der Waals surface area (Å²) in [6.07, 6.45) is 1.09. The molecule has 0 fully saturated rings. The van der Waals surface area contributed by atoms with Gasteiger partial charge in [0.05, 0.1) is 0 Å². The molecule has 0 saturated heterocycles. The van der Waals surface area contributed by atoms with E-state index < -0.39 is 0 Å². The van der Waals surface area contributed by atoms with Crippen LogP contribution in [0.1, 0.15) is 23.7 Å². The Morgan fingerprint density at radius 1 is 1.30 bits per heavy atom. The van der Waals surface area contributed by atoms with Gasteiger partial charge in [0, 0.05) is 24.0 Å². The lowest BCUT2D eigenvalue weighted by Gasteiger charge is -2.24. The molecule has 0 amide bonds. The van der Waals surface area contributed by atoms with E-state index in [1.54, 1.807) is 0 Å². The van der Waals surface area contributed by atoms with Gasteiger partial charge in [0.2, 0.25) is 0 Å². The molecule has 104 valence electrons. The summed E-state index contributed by atoms with van der Waals surface area (Å²) in [6.45, 7) is 5.21. The lowest BCUT2D eigenvalue weighted by atomic mass is 10.1. The van der Waals surface area contributed by atoms with Crippen LogP contribution in [-0.4, -0.2) is 18.1 Å². The summed E-state index contributed by atoms with van der Waals surface area (Å²) in [4.78, 5) is 7.11. The van der Waals surface area contributed by atoms with Crippen molar-refractivity contribution in [2.24, 2.45) is 0 Å². The van der Waals surface area contributed by atoms with Gasteiger partial charge >= 0.3 is 0 Å². The number of aromatic nitrogens is 1. The molecule has 0 radical (unpaired) electrons. The Hall–Kier alpha value is -1.87. The number of nitrogens with zero attached hydrogens (tertiary/aromatic N) is 2. The number of hydrogen-bond donors (Lipinski definition) is 1.